The number of methoxy groups -OCH3 is 1. The van der Waals surface area contributed by atoms with Gasteiger partial charge in [0.1, 0.15) is 11.4 Å². The fourth-order valence-corrected chi connectivity index (χ4v) is 3.34. The fourth-order valence-electron chi connectivity index (χ4n) is 2.34. The lowest BCUT2D eigenvalue weighted by molar-refractivity contribution is 0.415. The molecule has 0 unspecified atom stereocenters. The van der Waals surface area contributed by atoms with Crippen LogP contribution in [0.5, 0.6) is 5.75 Å². The van der Waals surface area contributed by atoms with E-state index in [0.717, 1.165) is 27.2 Å². The number of aromatic nitrogens is 2. The monoisotopic (exact) mass is 345 g/mol. The number of hydrogen-bond donors (Lipinski definition) is 3. The van der Waals surface area contributed by atoms with Gasteiger partial charge in [0.05, 0.1) is 23.7 Å². The number of halogens is 1. The second kappa shape index (κ2) is 5.68. The van der Waals surface area contributed by atoms with Gasteiger partial charge in [0.25, 0.3) is 0 Å². The lowest BCUT2D eigenvalue weighted by Crippen LogP contribution is -2.26. The first-order valence-electron chi connectivity index (χ1n) is 6.82. The van der Waals surface area contributed by atoms with Gasteiger partial charge in [-0.25, -0.2) is 4.99 Å². The number of benzene rings is 2. The van der Waals surface area contributed by atoms with Gasteiger partial charge in [-0.15, -0.1) is 0 Å². The zero-order chi connectivity index (χ0) is 15.8. The minimum absolute atomic E-state index is 0.617. The first-order valence-corrected chi connectivity index (χ1v) is 8.01. The van der Waals surface area contributed by atoms with E-state index in [1.54, 1.807) is 19.4 Å². The van der Waals surface area contributed by atoms with Crippen LogP contribution in [0.2, 0.25) is 5.02 Å². The predicted octanol–water partition coefficient (Wildman–Crippen LogP) is 3.93. The third-order valence-corrected chi connectivity index (χ3v) is 4.46. The Morgan fingerprint density at radius 2 is 2.17 bits per heavy atom. The van der Waals surface area contributed by atoms with Crippen LogP contribution in [0.4, 0.5) is 11.4 Å². The van der Waals surface area contributed by atoms with Crippen molar-refractivity contribution in [2.45, 2.75) is 4.90 Å². The molecule has 0 aliphatic carbocycles. The van der Waals surface area contributed by atoms with Crippen LogP contribution < -0.4 is 14.8 Å². The highest BCUT2D eigenvalue weighted by atomic mass is 35.5. The van der Waals surface area contributed by atoms with E-state index in [4.69, 9.17) is 16.3 Å². The summed E-state index contributed by atoms with van der Waals surface area (Å²) in [5.41, 5.74) is 2.62. The number of guanidine groups is 1. The zero-order valence-electron chi connectivity index (χ0n) is 12.1. The topological polar surface area (TPSA) is 74.3 Å². The van der Waals surface area contributed by atoms with E-state index in [0.29, 0.717) is 16.7 Å². The van der Waals surface area contributed by atoms with Gasteiger partial charge in [-0.2, -0.15) is 5.10 Å². The van der Waals surface area contributed by atoms with Gasteiger partial charge in [-0.1, -0.05) is 11.6 Å². The van der Waals surface area contributed by atoms with Gasteiger partial charge in [-0.3, -0.25) is 9.82 Å². The van der Waals surface area contributed by atoms with E-state index in [1.807, 2.05) is 24.3 Å². The van der Waals surface area contributed by atoms with E-state index in [9.17, 15) is 0 Å². The third-order valence-electron chi connectivity index (χ3n) is 3.41. The molecule has 4 rings (SSSR count). The number of nitrogens with zero attached hydrogens (tertiary/aromatic N) is 2. The van der Waals surface area contributed by atoms with Gasteiger partial charge in [0.15, 0.2) is 0 Å². The molecule has 1 aliphatic heterocycles. The molecule has 8 heteroatoms. The molecule has 3 N–H and O–H groups in total. The van der Waals surface area contributed by atoms with Crippen LogP contribution in [0.25, 0.3) is 10.9 Å². The largest absolute Gasteiger partial charge is 0.494 e. The van der Waals surface area contributed by atoms with Crippen LogP contribution in [0, 0.1) is 0 Å². The van der Waals surface area contributed by atoms with Gasteiger partial charge in [0.2, 0.25) is 5.96 Å². The molecule has 0 radical (unpaired) electrons. The second-order valence-electron chi connectivity index (χ2n) is 4.92. The number of anilines is 1. The minimum atomic E-state index is 0.617. The Bertz CT molecular complexity index is 923. The van der Waals surface area contributed by atoms with E-state index >= 15 is 0 Å². The van der Waals surface area contributed by atoms with Crippen LogP contribution in [-0.2, 0) is 0 Å². The van der Waals surface area contributed by atoms with Crippen LogP contribution >= 0.6 is 23.5 Å². The molecule has 2 aromatic carbocycles. The summed E-state index contributed by atoms with van der Waals surface area (Å²) in [5, 5.41) is 11.9. The zero-order valence-corrected chi connectivity index (χ0v) is 13.6. The van der Waals surface area contributed by atoms with E-state index < -0.39 is 0 Å². The number of ether oxygens (including phenoxy) is 1. The number of nitrogens with one attached hydrogen (secondary N) is 3. The van der Waals surface area contributed by atoms with E-state index in [2.05, 4.69) is 25.2 Å². The van der Waals surface area contributed by atoms with Crippen molar-refractivity contribution in [3.05, 3.63) is 41.6 Å². The van der Waals surface area contributed by atoms with Crippen LogP contribution in [-0.4, -0.2) is 23.3 Å². The van der Waals surface area contributed by atoms with Gasteiger partial charge in [-0.05, 0) is 36.2 Å². The summed E-state index contributed by atoms with van der Waals surface area (Å²) in [4.78, 5) is 5.50. The molecule has 6 nitrogen and oxygen atoms in total. The normalized spacial score (nSPS) is 13.2. The molecular weight excluding hydrogens is 334 g/mol. The number of aliphatic imine (C=N–C) groups is 1. The molecule has 0 atom stereocenters. The molecule has 0 spiro atoms. The van der Waals surface area contributed by atoms with Gasteiger partial charge < -0.3 is 10.1 Å². The third kappa shape index (κ3) is 2.69. The van der Waals surface area contributed by atoms with Gasteiger partial charge in [0, 0.05) is 22.2 Å². The lowest BCUT2D eigenvalue weighted by Gasteiger charge is -2.19. The first-order chi connectivity index (χ1) is 11.2. The Balaban J connectivity index is 1.67. The summed E-state index contributed by atoms with van der Waals surface area (Å²) in [6.07, 6.45) is 1.79. The molecule has 0 saturated heterocycles. The van der Waals surface area contributed by atoms with Crippen molar-refractivity contribution >= 4 is 51.8 Å². The number of hydrogen-bond acceptors (Lipinski definition) is 6. The van der Waals surface area contributed by atoms with Crippen molar-refractivity contribution in [3.63, 3.8) is 0 Å². The maximum atomic E-state index is 6.08. The van der Waals surface area contributed by atoms with Crippen molar-refractivity contribution in [2.75, 3.05) is 12.4 Å². The lowest BCUT2D eigenvalue weighted by atomic mass is 10.2. The Labute approximate surface area is 141 Å². The molecule has 23 heavy (non-hydrogen) atoms. The van der Waals surface area contributed by atoms with Crippen LogP contribution in [0.3, 0.4) is 0 Å². The quantitative estimate of drug-likeness (QED) is 0.613. The fraction of sp³-hybridized carbons (Fsp3) is 0.0667. The van der Waals surface area contributed by atoms with Crippen molar-refractivity contribution < 1.29 is 4.74 Å². The minimum Gasteiger partial charge on any atom is -0.494 e. The molecule has 0 fully saturated rings. The summed E-state index contributed by atoms with van der Waals surface area (Å²) in [6.45, 7) is 0. The van der Waals surface area contributed by atoms with Crippen molar-refractivity contribution in [3.8, 4) is 5.75 Å². The second-order valence-corrected chi connectivity index (χ2v) is 6.20. The number of aromatic amines is 1. The van der Waals surface area contributed by atoms with Crippen LogP contribution in [0.15, 0.2) is 46.4 Å². The standard InChI is InChI=1S/C15H12ClN5OS/c1-22-12-4-9(16)5-13-14(12)19-15(21-23-13)18-10-3-2-8-7-17-20-11(8)6-10/h2-7H,1H3,(H,17,20)(H2,18,19,21). The molecule has 1 aliphatic rings. The van der Waals surface area contributed by atoms with Gasteiger partial charge >= 0.3 is 0 Å². The molecule has 1 aromatic heterocycles. The maximum Gasteiger partial charge on any atom is 0.211 e. The molecule has 0 saturated carbocycles. The van der Waals surface area contributed by atoms with Crippen molar-refractivity contribution in [1.82, 2.24) is 14.9 Å². The molecule has 0 amide bonds. The average molecular weight is 346 g/mol. The predicted molar refractivity (Wildman–Crippen MR) is 93.8 cm³/mol. The highest BCUT2D eigenvalue weighted by molar-refractivity contribution is 7.98. The number of fused-ring (bicyclic) bond motifs is 2. The highest BCUT2D eigenvalue weighted by Gasteiger charge is 2.18. The molecule has 3 aromatic rings. The summed E-state index contributed by atoms with van der Waals surface area (Å²) in [7, 11) is 1.60. The molecule has 116 valence electrons. The number of rotatable bonds is 2. The molecule has 0 bridgehead atoms. The van der Waals surface area contributed by atoms with E-state index in [-0.39, 0.29) is 0 Å². The Morgan fingerprint density at radius 3 is 3.04 bits per heavy atom. The first kappa shape index (κ1) is 14.2. The average Bonchev–Trinajstić information content (AvgIpc) is 3.02. The number of H-pyrrole nitrogens is 1. The summed E-state index contributed by atoms with van der Waals surface area (Å²) >= 11 is 7.51. The Hall–Kier alpha value is -2.38. The SMILES string of the molecule is COc1cc(Cl)cc2c1N=C(Nc1ccc3cn[nH]c3c1)NS2. The Morgan fingerprint density at radius 1 is 1.26 bits per heavy atom. The smallest absolute Gasteiger partial charge is 0.211 e. The van der Waals surface area contributed by atoms with Crippen molar-refractivity contribution in [1.29, 1.82) is 0 Å². The molecule has 2 heterocycles. The highest BCUT2D eigenvalue weighted by Crippen LogP contribution is 2.41. The molecular formula is C15H12ClN5OS. The summed E-state index contributed by atoms with van der Waals surface area (Å²) < 4.78 is 8.53. The Kier molecular flexibility index (Phi) is 3.51. The maximum absolute atomic E-state index is 6.08. The summed E-state index contributed by atoms with van der Waals surface area (Å²) in [6, 6.07) is 9.55. The van der Waals surface area contributed by atoms with Crippen LogP contribution in [0.1, 0.15) is 0 Å². The summed E-state index contributed by atoms with van der Waals surface area (Å²) in [5.74, 6) is 1.27. The van der Waals surface area contributed by atoms with E-state index in [1.165, 1.54) is 11.9 Å². The van der Waals surface area contributed by atoms with Crippen molar-refractivity contribution in [2.24, 2.45) is 4.99 Å².